The molecular formula is C28H31N3O4. The fourth-order valence-electron chi connectivity index (χ4n) is 4.18. The molecule has 2 heterocycles. The first kappa shape index (κ1) is 24.3. The quantitative estimate of drug-likeness (QED) is 0.476. The number of rotatable bonds is 9. The molecule has 35 heavy (non-hydrogen) atoms. The van der Waals surface area contributed by atoms with Crippen molar-refractivity contribution in [3.63, 3.8) is 0 Å². The number of para-hydroxylation sites is 2. The number of pyridine rings is 1. The van der Waals surface area contributed by atoms with Crippen molar-refractivity contribution < 1.29 is 19.1 Å². The van der Waals surface area contributed by atoms with Gasteiger partial charge < -0.3 is 19.7 Å². The van der Waals surface area contributed by atoms with Crippen molar-refractivity contribution in [1.82, 2.24) is 15.2 Å². The van der Waals surface area contributed by atoms with E-state index in [0.717, 1.165) is 30.0 Å². The number of nitrogens with one attached hydrogen (secondary N) is 1. The molecule has 0 bridgehead atoms. The largest absolute Gasteiger partial charge is 0.492 e. The summed E-state index contributed by atoms with van der Waals surface area (Å²) < 4.78 is 11.3. The fourth-order valence-corrected chi connectivity index (χ4v) is 4.18. The molecule has 1 aliphatic heterocycles. The highest BCUT2D eigenvalue weighted by Gasteiger charge is 2.28. The summed E-state index contributed by atoms with van der Waals surface area (Å²) in [7, 11) is 0. The van der Waals surface area contributed by atoms with Crippen molar-refractivity contribution in [1.29, 1.82) is 0 Å². The Bertz CT molecular complexity index is 1110. The van der Waals surface area contributed by atoms with E-state index in [1.165, 1.54) is 0 Å². The van der Waals surface area contributed by atoms with Crippen molar-refractivity contribution >= 4 is 11.8 Å². The van der Waals surface area contributed by atoms with Gasteiger partial charge in [0.2, 0.25) is 0 Å². The van der Waals surface area contributed by atoms with Crippen molar-refractivity contribution in [3.8, 4) is 11.5 Å². The van der Waals surface area contributed by atoms with Crippen LogP contribution in [0.1, 0.15) is 40.5 Å². The molecule has 2 aromatic carbocycles. The lowest BCUT2D eigenvalue weighted by Crippen LogP contribution is -2.41. The Labute approximate surface area is 206 Å². The van der Waals surface area contributed by atoms with E-state index in [0.29, 0.717) is 37.6 Å². The zero-order valence-corrected chi connectivity index (χ0v) is 20.0. The minimum absolute atomic E-state index is 0.0239. The molecule has 1 fully saturated rings. The van der Waals surface area contributed by atoms with Crippen LogP contribution >= 0.6 is 0 Å². The van der Waals surface area contributed by atoms with E-state index in [2.05, 4.69) is 5.32 Å². The summed E-state index contributed by atoms with van der Waals surface area (Å²) >= 11 is 0. The van der Waals surface area contributed by atoms with E-state index in [1.807, 2.05) is 84.6 Å². The minimum Gasteiger partial charge on any atom is -0.492 e. The molecule has 1 N–H and O–H groups in total. The predicted octanol–water partition coefficient (Wildman–Crippen LogP) is 3.98. The molecule has 0 radical (unpaired) electrons. The van der Waals surface area contributed by atoms with Gasteiger partial charge in [0.1, 0.15) is 18.1 Å². The van der Waals surface area contributed by atoms with E-state index >= 15 is 0 Å². The monoisotopic (exact) mass is 473 g/mol. The first-order valence-electron chi connectivity index (χ1n) is 12.0. The van der Waals surface area contributed by atoms with Crippen LogP contribution in [0.15, 0.2) is 72.8 Å². The van der Waals surface area contributed by atoms with Crippen molar-refractivity contribution in [3.05, 3.63) is 89.7 Å². The van der Waals surface area contributed by atoms with Crippen molar-refractivity contribution in [2.75, 3.05) is 32.8 Å². The van der Waals surface area contributed by atoms with Crippen LogP contribution < -0.4 is 14.8 Å². The third kappa shape index (κ3) is 6.82. The molecular weight excluding hydrogens is 442 g/mol. The van der Waals surface area contributed by atoms with E-state index < -0.39 is 0 Å². The second-order valence-electron chi connectivity index (χ2n) is 8.56. The van der Waals surface area contributed by atoms with E-state index in [9.17, 15) is 9.59 Å². The average molecular weight is 474 g/mol. The summed E-state index contributed by atoms with van der Waals surface area (Å²) in [5.41, 5.74) is 2.27. The van der Waals surface area contributed by atoms with Gasteiger partial charge in [0.05, 0.1) is 17.8 Å². The number of carbonyl (C=O) groups is 2. The lowest BCUT2D eigenvalue weighted by Gasteiger charge is -2.32. The molecule has 7 heteroatoms. The van der Waals surface area contributed by atoms with Crippen LogP contribution in [0.5, 0.6) is 11.5 Å². The van der Waals surface area contributed by atoms with Crippen LogP contribution in [0.4, 0.5) is 0 Å². The molecule has 1 aromatic heterocycles. The van der Waals surface area contributed by atoms with E-state index in [4.69, 9.17) is 14.5 Å². The molecule has 182 valence electrons. The Balaban J connectivity index is 1.29. The van der Waals surface area contributed by atoms with Gasteiger partial charge in [-0.2, -0.15) is 0 Å². The van der Waals surface area contributed by atoms with Gasteiger partial charge in [-0.3, -0.25) is 14.6 Å². The third-order valence-electron chi connectivity index (χ3n) is 6.05. The summed E-state index contributed by atoms with van der Waals surface area (Å²) in [6.45, 7) is 3.96. The van der Waals surface area contributed by atoms with E-state index in [-0.39, 0.29) is 24.3 Å². The number of hydrogen-bond acceptors (Lipinski definition) is 5. The van der Waals surface area contributed by atoms with Crippen LogP contribution in [0, 0.1) is 6.92 Å². The first-order chi connectivity index (χ1) is 17.1. The van der Waals surface area contributed by atoms with Crippen LogP contribution in [0.3, 0.4) is 0 Å². The number of aromatic nitrogens is 1. The summed E-state index contributed by atoms with van der Waals surface area (Å²) in [4.78, 5) is 32.1. The molecule has 2 amide bonds. The summed E-state index contributed by atoms with van der Waals surface area (Å²) in [5, 5.41) is 2.94. The smallest absolute Gasteiger partial charge is 0.260 e. The highest BCUT2D eigenvalue weighted by atomic mass is 16.5. The summed E-state index contributed by atoms with van der Waals surface area (Å²) in [5.74, 6) is 1.40. The Kier molecular flexibility index (Phi) is 8.33. The van der Waals surface area contributed by atoms with Crippen molar-refractivity contribution in [2.24, 2.45) is 0 Å². The van der Waals surface area contributed by atoms with Gasteiger partial charge in [-0.05, 0) is 56.2 Å². The average Bonchev–Trinajstić information content (AvgIpc) is 2.91. The Morgan fingerprint density at radius 1 is 0.914 bits per heavy atom. The van der Waals surface area contributed by atoms with Crippen LogP contribution in [0.2, 0.25) is 0 Å². The third-order valence-corrected chi connectivity index (χ3v) is 6.05. The summed E-state index contributed by atoms with van der Waals surface area (Å²) in [6.07, 6.45) is 1.51. The molecule has 4 rings (SSSR count). The van der Waals surface area contributed by atoms with Crippen LogP contribution in [-0.4, -0.2) is 54.5 Å². The maximum absolute atomic E-state index is 12.9. The summed E-state index contributed by atoms with van der Waals surface area (Å²) in [6, 6.07) is 22.6. The molecule has 0 spiro atoms. The number of aryl methyl sites for hydroxylation is 1. The molecule has 0 aliphatic carbocycles. The second kappa shape index (κ2) is 12.0. The SMILES string of the molecule is Cc1ccc(C(=O)NCCOc2ccccc2)c(C2CCN(C(=O)COc3ccccc3)CC2)n1. The maximum atomic E-state index is 12.9. The number of hydrogen-bond donors (Lipinski definition) is 1. The molecule has 7 nitrogen and oxygen atoms in total. The Hall–Kier alpha value is -3.87. The fraction of sp³-hybridized carbons (Fsp3) is 0.321. The number of amides is 2. The number of likely N-dealkylation sites (tertiary alicyclic amines) is 1. The second-order valence-corrected chi connectivity index (χ2v) is 8.56. The van der Waals surface area contributed by atoms with Gasteiger partial charge in [-0.1, -0.05) is 36.4 Å². The van der Waals surface area contributed by atoms with Gasteiger partial charge >= 0.3 is 0 Å². The molecule has 3 aromatic rings. The number of benzene rings is 2. The van der Waals surface area contributed by atoms with Gasteiger partial charge in [0, 0.05) is 24.7 Å². The molecule has 0 atom stereocenters. The van der Waals surface area contributed by atoms with Crippen molar-refractivity contribution in [2.45, 2.75) is 25.7 Å². The highest BCUT2D eigenvalue weighted by Crippen LogP contribution is 2.29. The molecule has 0 unspecified atom stereocenters. The highest BCUT2D eigenvalue weighted by molar-refractivity contribution is 5.95. The predicted molar refractivity (Wildman–Crippen MR) is 134 cm³/mol. The first-order valence-corrected chi connectivity index (χ1v) is 12.0. The van der Waals surface area contributed by atoms with Gasteiger partial charge in [0.15, 0.2) is 6.61 Å². The molecule has 0 saturated carbocycles. The number of nitrogens with zero attached hydrogens (tertiary/aromatic N) is 2. The lowest BCUT2D eigenvalue weighted by atomic mass is 9.89. The van der Waals surface area contributed by atoms with Gasteiger partial charge in [-0.25, -0.2) is 0 Å². The zero-order chi connectivity index (χ0) is 24.5. The molecule has 1 saturated heterocycles. The van der Waals surface area contributed by atoms with E-state index in [1.54, 1.807) is 0 Å². The molecule has 1 aliphatic rings. The Morgan fingerprint density at radius 2 is 1.54 bits per heavy atom. The number of piperidine rings is 1. The van der Waals surface area contributed by atoms with Gasteiger partial charge in [-0.15, -0.1) is 0 Å². The lowest BCUT2D eigenvalue weighted by molar-refractivity contribution is -0.134. The van der Waals surface area contributed by atoms with Crippen LogP contribution in [-0.2, 0) is 4.79 Å². The van der Waals surface area contributed by atoms with Gasteiger partial charge in [0.25, 0.3) is 11.8 Å². The normalized spacial score (nSPS) is 13.8. The maximum Gasteiger partial charge on any atom is 0.260 e. The topological polar surface area (TPSA) is 80.8 Å². The zero-order valence-electron chi connectivity index (χ0n) is 20.0. The Morgan fingerprint density at radius 3 is 2.20 bits per heavy atom. The van der Waals surface area contributed by atoms with Crippen LogP contribution in [0.25, 0.3) is 0 Å². The number of carbonyl (C=O) groups excluding carboxylic acids is 2. The number of ether oxygens (including phenoxy) is 2. The minimum atomic E-state index is -0.154. The standard InChI is InChI=1S/C28H31N3O4/c1-21-12-13-25(28(33)29-16-19-34-23-8-4-2-5-9-23)27(30-21)22-14-17-31(18-15-22)26(32)20-35-24-10-6-3-7-11-24/h2-13,22H,14-20H2,1H3,(H,29,33).